The molecule has 6 heteroatoms. The van der Waals surface area contributed by atoms with Gasteiger partial charge in [-0.3, -0.25) is 10.1 Å². The van der Waals surface area contributed by atoms with Crippen molar-refractivity contribution in [2.45, 2.75) is 19.4 Å². The summed E-state index contributed by atoms with van der Waals surface area (Å²) in [6, 6.07) is 5.03. The number of ether oxygens (including phenoxy) is 1. The molecule has 0 aliphatic carbocycles. The fraction of sp³-hybridized carbons (Fsp3) is 0.500. The number of nitro groups is 1. The standard InChI is InChI=1S/C12H17N3O3/c1-12(2)8-18-7-6-14(12)10-5-3-4-9(13)11(10)15(16)17/h3-5H,6-8,13H2,1-2H3. The van der Waals surface area contributed by atoms with Crippen molar-refractivity contribution in [2.24, 2.45) is 0 Å². The third kappa shape index (κ3) is 2.11. The minimum absolute atomic E-state index is 0.0209. The molecule has 2 rings (SSSR count). The summed E-state index contributed by atoms with van der Waals surface area (Å²) in [6.07, 6.45) is 0. The topological polar surface area (TPSA) is 81.6 Å². The Labute approximate surface area is 105 Å². The van der Waals surface area contributed by atoms with Crippen LogP contribution in [0.4, 0.5) is 17.1 Å². The van der Waals surface area contributed by atoms with Crippen molar-refractivity contribution in [1.82, 2.24) is 0 Å². The molecule has 1 aliphatic rings. The lowest BCUT2D eigenvalue weighted by Gasteiger charge is -2.43. The summed E-state index contributed by atoms with van der Waals surface area (Å²) in [4.78, 5) is 12.7. The van der Waals surface area contributed by atoms with E-state index >= 15 is 0 Å². The average molecular weight is 251 g/mol. The maximum atomic E-state index is 11.2. The smallest absolute Gasteiger partial charge is 0.315 e. The van der Waals surface area contributed by atoms with Gasteiger partial charge in [0.1, 0.15) is 11.4 Å². The van der Waals surface area contributed by atoms with Crippen LogP contribution in [0.1, 0.15) is 13.8 Å². The number of anilines is 2. The number of hydrogen-bond acceptors (Lipinski definition) is 5. The third-order valence-corrected chi connectivity index (χ3v) is 3.16. The van der Waals surface area contributed by atoms with Crippen LogP contribution >= 0.6 is 0 Å². The molecule has 18 heavy (non-hydrogen) atoms. The number of morpholine rings is 1. The van der Waals surface area contributed by atoms with E-state index in [2.05, 4.69) is 0 Å². The summed E-state index contributed by atoms with van der Waals surface area (Å²) in [5.74, 6) is 0. The van der Waals surface area contributed by atoms with Gasteiger partial charge >= 0.3 is 5.69 Å². The van der Waals surface area contributed by atoms with E-state index in [1.807, 2.05) is 18.7 Å². The summed E-state index contributed by atoms with van der Waals surface area (Å²) < 4.78 is 5.42. The third-order valence-electron chi connectivity index (χ3n) is 3.16. The van der Waals surface area contributed by atoms with Gasteiger partial charge in [-0.15, -0.1) is 0 Å². The molecule has 6 nitrogen and oxygen atoms in total. The molecule has 0 radical (unpaired) electrons. The van der Waals surface area contributed by atoms with E-state index in [9.17, 15) is 10.1 Å². The highest BCUT2D eigenvalue weighted by Crippen LogP contribution is 2.37. The van der Waals surface area contributed by atoms with E-state index in [1.54, 1.807) is 18.2 Å². The van der Waals surface area contributed by atoms with E-state index in [1.165, 1.54) is 0 Å². The second-order valence-corrected chi connectivity index (χ2v) is 4.99. The van der Waals surface area contributed by atoms with Gasteiger partial charge in [0.25, 0.3) is 0 Å². The van der Waals surface area contributed by atoms with Gasteiger partial charge in [-0.25, -0.2) is 0 Å². The highest BCUT2D eigenvalue weighted by molar-refractivity contribution is 5.76. The van der Waals surface area contributed by atoms with Crippen molar-refractivity contribution in [3.8, 4) is 0 Å². The summed E-state index contributed by atoms with van der Waals surface area (Å²) >= 11 is 0. The number of rotatable bonds is 2. The molecule has 0 amide bonds. The lowest BCUT2D eigenvalue weighted by molar-refractivity contribution is -0.383. The van der Waals surface area contributed by atoms with Gasteiger partial charge in [0.05, 0.1) is 23.7 Å². The number of para-hydroxylation sites is 1. The Balaban J connectivity index is 2.50. The summed E-state index contributed by atoms with van der Waals surface area (Å²) in [6.45, 7) is 5.73. The number of nitrogens with two attached hydrogens (primary N) is 1. The van der Waals surface area contributed by atoms with Gasteiger partial charge < -0.3 is 15.4 Å². The lowest BCUT2D eigenvalue weighted by Crippen LogP contribution is -2.53. The van der Waals surface area contributed by atoms with E-state index in [-0.39, 0.29) is 16.9 Å². The first-order valence-electron chi connectivity index (χ1n) is 5.82. The zero-order valence-electron chi connectivity index (χ0n) is 10.5. The number of nitrogen functional groups attached to an aromatic ring is 1. The molecule has 0 saturated carbocycles. The summed E-state index contributed by atoms with van der Waals surface area (Å²) in [7, 11) is 0. The maximum absolute atomic E-state index is 11.2. The van der Waals surface area contributed by atoms with Crippen molar-refractivity contribution in [1.29, 1.82) is 0 Å². The van der Waals surface area contributed by atoms with Gasteiger partial charge in [0, 0.05) is 6.54 Å². The van der Waals surface area contributed by atoms with Gasteiger partial charge in [-0.05, 0) is 26.0 Å². The number of benzene rings is 1. The van der Waals surface area contributed by atoms with Crippen LogP contribution in [0.25, 0.3) is 0 Å². The summed E-state index contributed by atoms with van der Waals surface area (Å²) in [5, 5.41) is 11.2. The van der Waals surface area contributed by atoms with Crippen molar-refractivity contribution >= 4 is 17.1 Å². The molecule has 98 valence electrons. The Kier molecular flexibility index (Phi) is 3.13. The molecule has 1 fully saturated rings. The van der Waals surface area contributed by atoms with Crippen molar-refractivity contribution in [3.05, 3.63) is 28.3 Å². The summed E-state index contributed by atoms with van der Waals surface area (Å²) in [5.41, 5.74) is 6.17. The first-order valence-corrected chi connectivity index (χ1v) is 5.82. The predicted octanol–water partition coefficient (Wildman–Crippen LogP) is 1.79. The van der Waals surface area contributed by atoms with Crippen molar-refractivity contribution in [3.63, 3.8) is 0 Å². The fourth-order valence-electron chi connectivity index (χ4n) is 2.27. The van der Waals surface area contributed by atoms with E-state index in [0.717, 1.165) is 0 Å². The Morgan fingerprint density at radius 1 is 1.50 bits per heavy atom. The molecule has 0 atom stereocenters. The highest BCUT2D eigenvalue weighted by Gasteiger charge is 2.35. The molecular weight excluding hydrogens is 234 g/mol. The molecule has 1 aromatic rings. The second-order valence-electron chi connectivity index (χ2n) is 4.99. The Morgan fingerprint density at radius 2 is 2.22 bits per heavy atom. The predicted molar refractivity (Wildman–Crippen MR) is 69.8 cm³/mol. The van der Waals surface area contributed by atoms with Gasteiger partial charge in [0.15, 0.2) is 0 Å². The van der Waals surface area contributed by atoms with Crippen LogP contribution in [-0.2, 0) is 4.74 Å². The Morgan fingerprint density at radius 3 is 2.83 bits per heavy atom. The Hall–Kier alpha value is -1.82. The minimum atomic E-state index is -0.420. The molecule has 0 aromatic heterocycles. The van der Waals surface area contributed by atoms with Gasteiger partial charge in [0.2, 0.25) is 0 Å². The minimum Gasteiger partial charge on any atom is -0.393 e. The molecule has 1 heterocycles. The van der Waals surface area contributed by atoms with E-state index in [4.69, 9.17) is 10.5 Å². The molecule has 2 N–H and O–H groups in total. The first kappa shape index (κ1) is 12.6. The van der Waals surface area contributed by atoms with Crippen LogP contribution in [0.2, 0.25) is 0 Å². The van der Waals surface area contributed by atoms with Crippen LogP contribution in [0, 0.1) is 10.1 Å². The molecule has 1 saturated heterocycles. The maximum Gasteiger partial charge on any atom is 0.315 e. The molecular formula is C12H17N3O3. The fourth-order valence-corrected chi connectivity index (χ4v) is 2.27. The first-order chi connectivity index (χ1) is 8.43. The second kappa shape index (κ2) is 4.45. The molecule has 0 bridgehead atoms. The lowest BCUT2D eigenvalue weighted by atomic mass is 10.0. The number of hydrogen-bond donors (Lipinski definition) is 1. The molecule has 1 aromatic carbocycles. The zero-order chi connectivity index (χ0) is 13.3. The zero-order valence-corrected chi connectivity index (χ0v) is 10.5. The van der Waals surface area contributed by atoms with Crippen molar-refractivity contribution < 1.29 is 9.66 Å². The highest BCUT2D eigenvalue weighted by atomic mass is 16.6. The quantitative estimate of drug-likeness (QED) is 0.492. The van der Waals surface area contributed by atoms with E-state index in [0.29, 0.717) is 25.4 Å². The van der Waals surface area contributed by atoms with Crippen LogP contribution in [-0.4, -0.2) is 30.2 Å². The van der Waals surface area contributed by atoms with Crippen molar-refractivity contribution in [2.75, 3.05) is 30.4 Å². The number of nitrogens with zero attached hydrogens (tertiary/aromatic N) is 2. The average Bonchev–Trinajstić information content (AvgIpc) is 2.27. The number of nitro benzene ring substituents is 1. The van der Waals surface area contributed by atoms with Crippen LogP contribution in [0.3, 0.4) is 0 Å². The van der Waals surface area contributed by atoms with Crippen LogP contribution < -0.4 is 10.6 Å². The van der Waals surface area contributed by atoms with Crippen LogP contribution in [0.15, 0.2) is 18.2 Å². The Bertz CT molecular complexity index is 474. The van der Waals surface area contributed by atoms with Crippen LogP contribution in [0.5, 0.6) is 0 Å². The van der Waals surface area contributed by atoms with Gasteiger partial charge in [-0.1, -0.05) is 6.07 Å². The molecule has 1 aliphatic heterocycles. The normalized spacial score (nSPS) is 18.7. The molecule has 0 unspecified atom stereocenters. The van der Waals surface area contributed by atoms with Gasteiger partial charge in [-0.2, -0.15) is 0 Å². The van der Waals surface area contributed by atoms with E-state index < -0.39 is 4.92 Å². The monoisotopic (exact) mass is 251 g/mol. The molecule has 0 spiro atoms. The SMILES string of the molecule is CC1(C)COCCN1c1cccc(N)c1[N+](=O)[O-]. The largest absolute Gasteiger partial charge is 0.393 e.